The van der Waals surface area contributed by atoms with Gasteiger partial charge in [0, 0.05) is 13.0 Å². The number of aryl methyl sites for hydroxylation is 1. The van der Waals surface area contributed by atoms with E-state index in [1.54, 1.807) is 22.0 Å². The van der Waals surface area contributed by atoms with E-state index in [4.69, 9.17) is 9.47 Å². The van der Waals surface area contributed by atoms with Crippen molar-refractivity contribution >= 4 is 11.9 Å². The molecule has 1 amide bonds. The summed E-state index contributed by atoms with van der Waals surface area (Å²) >= 11 is 0. The van der Waals surface area contributed by atoms with E-state index in [2.05, 4.69) is 4.98 Å². The molecular weight excluding hydrogens is 310 g/mol. The average molecular weight is 335 g/mol. The Kier molecular flexibility index (Phi) is 4.38. The van der Waals surface area contributed by atoms with Crippen molar-refractivity contribution in [2.24, 2.45) is 13.0 Å². The van der Waals surface area contributed by atoms with Crippen molar-refractivity contribution in [2.45, 2.75) is 51.3 Å². The fourth-order valence-corrected chi connectivity index (χ4v) is 3.55. The molecule has 24 heavy (non-hydrogen) atoms. The van der Waals surface area contributed by atoms with Gasteiger partial charge in [-0.2, -0.15) is 0 Å². The predicted octanol–water partition coefficient (Wildman–Crippen LogP) is 2.02. The normalized spacial score (nSPS) is 27.0. The standard InChI is InChI=1S/C17H25N3O4/c1-17(2,3)24-16(22)20-12-5-11(6-13(20)9-23-8-12)15(21)14-7-18-10-19(14)4/h7,10-13H,5-6,8-9H2,1-4H3. The molecule has 2 aliphatic heterocycles. The first-order valence-electron chi connectivity index (χ1n) is 8.36. The molecule has 0 N–H and O–H groups in total. The number of amides is 1. The molecule has 0 spiro atoms. The minimum Gasteiger partial charge on any atom is -0.444 e. The zero-order chi connectivity index (χ0) is 17.5. The molecule has 3 rings (SSSR count). The Morgan fingerprint density at radius 2 is 1.88 bits per heavy atom. The number of carbonyl (C=O) groups is 2. The second-order valence-corrected chi connectivity index (χ2v) is 7.66. The first-order chi connectivity index (χ1) is 11.3. The zero-order valence-electron chi connectivity index (χ0n) is 14.7. The van der Waals surface area contributed by atoms with Gasteiger partial charge in [-0.25, -0.2) is 9.78 Å². The van der Waals surface area contributed by atoms with Crippen molar-refractivity contribution in [2.75, 3.05) is 13.2 Å². The van der Waals surface area contributed by atoms with Crippen molar-refractivity contribution in [3.63, 3.8) is 0 Å². The number of aromatic nitrogens is 2. The van der Waals surface area contributed by atoms with Crippen LogP contribution in [0.3, 0.4) is 0 Å². The lowest BCUT2D eigenvalue weighted by Gasteiger charge is -2.47. The van der Waals surface area contributed by atoms with E-state index in [0.29, 0.717) is 31.7 Å². The molecule has 2 fully saturated rings. The van der Waals surface area contributed by atoms with Gasteiger partial charge < -0.3 is 14.0 Å². The van der Waals surface area contributed by atoms with E-state index < -0.39 is 5.60 Å². The maximum atomic E-state index is 12.8. The van der Waals surface area contributed by atoms with E-state index in [1.807, 2.05) is 27.8 Å². The monoisotopic (exact) mass is 335 g/mol. The molecule has 0 saturated carbocycles. The first kappa shape index (κ1) is 17.0. The van der Waals surface area contributed by atoms with Crippen molar-refractivity contribution in [3.8, 4) is 0 Å². The SMILES string of the molecule is Cn1cncc1C(=O)C1CC2COCC(C1)N2C(=O)OC(C)(C)C. The highest BCUT2D eigenvalue weighted by molar-refractivity contribution is 5.96. The molecule has 1 aromatic heterocycles. The van der Waals surface area contributed by atoms with E-state index in [0.717, 1.165) is 0 Å². The Morgan fingerprint density at radius 3 is 2.38 bits per heavy atom. The molecule has 2 saturated heterocycles. The summed E-state index contributed by atoms with van der Waals surface area (Å²) in [5.74, 6) is -0.0197. The summed E-state index contributed by atoms with van der Waals surface area (Å²) in [5, 5.41) is 0. The molecule has 2 aliphatic rings. The van der Waals surface area contributed by atoms with Gasteiger partial charge in [0.15, 0.2) is 5.78 Å². The quantitative estimate of drug-likeness (QED) is 0.773. The summed E-state index contributed by atoms with van der Waals surface area (Å²) in [4.78, 5) is 31.1. The molecule has 7 heteroatoms. The van der Waals surface area contributed by atoms with Crippen molar-refractivity contribution in [1.29, 1.82) is 0 Å². The summed E-state index contributed by atoms with van der Waals surface area (Å²) in [6, 6.07) is -0.232. The van der Waals surface area contributed by atoms with Crippen molar-refractivity contribution in [1.82, 2.24) is 14.5 Å². The van der Waals surface area contributed by atoms with E-state index in [1.165, 1.54) is 0 Å². The molecule has 132 valence electrons. The number of ketones is 1. The van der Waals surface area contributed by atoms with Gasteiger partial charge in [-0.3, -0.25) is 9.69 Å². The summed E-state index contributed by atoms with van der Waals surface area (Å²) in [7, 11) is 1.82. The van der Waals surface area contributed by atoms with Crippen LogP contribution in [0.1, 0.15) is 44.1 Å². The Morgan fingerprint density at radius 1 is 1.25 bits per heavy atom. The maximum absolute atomic E-state index is 12.8. The molecule has 0 aliphatic carbocycles. The third kappa shape index (κ3) is 3.31. The fraction of sp³-hybridized carbons (Fsp3) is 0.706. The Hall–Kier alpha value is -1.89. The van der Waals surface area contributed by atoms with Crippen LogP contribution >= 0.6 is 0 Å². The van der Waals surface area contributed by atoms with Crippen LogP contribution in [0, 0.1) is 5.92 Å². The van der Waals surface area contributed by atoms with Gasteiger partial charge in [-0.05, 0) is 33.6 Å². The minimum atomic E-state index is -0.534. The minimum absolute atomic E-state index is 0.0933. The highest BCUT2D eigenvalue weighted by atomic mass is 16.6. The van der Waals surface area contributed by atoms with Crippen LogP contribution in [-0.4, -0.2) is 57.2 Å². The lowest BCUT2D eigenvalue weighted by Crippen LogP contribution is -2.60. The number of hydrogen-bond acceptors (Lipinski definition) is 5. The number of nitrogens with zero attached hydrogens (tertiary/aromatic N) is 3. The molecule has 2 unspecified atom stereocenters. The third-order valence-electron chi connectivity index (χ3n) is 4.56. The van der Waals surface area contributed by atoms with Crippen LogP contribution in [0.15, 0.2) is 12.5 Å². The number of morpholine rings is 1. The van der Waals surface area contributed by atoms with Crippen LogP contribution < -0.4 is 0 Å². The number of hydrogen-bond donors (Lipinski definition) is 0. The van der Waals surface area contributed by atoms with Crippen LogP contribution in [-0.2, 0) is 16.5 Å². The van der Waals surface area contributed by atoms with E-state index in [-0.39, 0.29) is 29.9 Å². The number of piperidine rings is 1. The molecule has 0 aromatic carbocycles. The number of ether oxygens (including phenoxy) is 2. The molecule has 2 atom stereocenters. The zero-order valence-corrected chi connectivity index (χ0v) is 14.7. The Bertz CT molecular complexity index is 620. The van der Waals surface area contributed by atoms with Gasteiger partial charge in [-0.1, -0.05) is 0 Å². The first-order valence-corrected chi connectivity index (χ1v) is 8.36. The van der Waals surface area contributed by atoms with Gasteiger partial charge >= 0.3 is 6.09 Å². The van der Waals surface area contributed by atoms with E-state index >= 15 is 0 Å². The van der Waals surface area contributed by atoms with Gasteiger partial charge in [0.25, 0.3) is 0 Å². The lowest BCUT2D eigenvalue weighted by molar-refractivity contribution is -0.0861. The third-order valence-corrected chi connectivity index (χ3v) is 4.56. The predicted molar refractivity (Wildman–Crippen MR) is 86.7 cm³/mol. The summed E-state index contributed by atoms with van der Waals surface area (Å²) < 4.78 is 12.9. The molecular formula is C17H25N3O4. The number of rotatable bonds is 2. The Balaban J connectivity index is 1.75. The van der Waals surface area contributed by atoms with Crippen LogP contribution in [0.5, 0.6) is 0 Å². The van der Waals surface area contributed by atoms with Crippen molar-refractivity contribution in [3.05, 3.63) is 18.2 Å². The number of Topliss-reactive ketones (excluding diaryl/α,β-unsaturated/α-hetero) is 1. The molecule has 0 radical (unpaired) electrons. The smallest absolute Gasteiger partial charge is 0.410 e. The van der Waals surface area contributed by atoms with Crippen LogP contribution in [0.2, 0.25) is 0 Å². The number of fused-ring (bicyclic) bond motifs is 2. The van der Waals surface area contributed by atoms with Gasteiger partial charge in [0.1, 0.15) is 11.3 Å². The fourth-order valence-electron chi connectivity index (χ4n) is 3.55. The van der Waals surface area contributed by atoms with Crippen molar-refractivity contribution < 1.29 is 19.1 Å². The van der Waals surface area contributed by atoms with Crippen LogP contribution in [0.25, 0.3) is 0 Å². The molecule has 3 heterocycles. The summed E-state index contributed by atoms with van der Waals surface area (Å²) in [6.07, 6.45) is 4.12. The lowest BCUT2D eigenvalue weighted by atomic mass is 9.82. The molecule has 7 nitrogen and oxygen atoms in total. The molecule has 1 aromatic rings. The maximum Gasteiger partial charge on any atom is 0.410 e. The number of imidazole rings is 1. The second-order valence-electron chi connectivity index (χ2n) is 7.66. The van der Waals surface area contributed by atoms with Crippen LogP contribution in [0.4, 0.5) is 4.79 Å². The highest BCUT2D eigenvalue weighted by Gasteiger charge is 2.45. The number of carbonyl (C=O) groups excluding carboxylic acids is 2. The topological polar surface area (TPSA) is 73.7 Å². The average Bonchev–Trinajstić information content (AvgIpc) is 2.89. The van der Waals surface area contributed by atoms with E-state index in [9.17, 15) is 9.59 Å². The van der Waals surface area contributed by atoms with Gasteiger partial charge in [-0.15, -0.1) is 0 Å². The second kappa shape index (κ2) is 6.20. The Labute approximate surface area is 141 Å². The largest absolute Gasteiger partial charge is 0.444 e. The molecule has 2 bridgehead atoms. The highest BCUT2D eigenvalue weighted by Crippen LogP contribution is 2.34. The summed E-state index contributed by atoms with van der Waals surface area (Å²) in [6.45, 7) is 6.47. The van der Waals surface area contributed by atoms with Gasteiger partial charge in [0.05, 0.1) is 37.8 Å². The van der Waals surface area contributed by atoms with Gasteiger partial charge in [0.2, 0.25) is 0 Å². The summed E-state index contributed by atoms with van der Waals surface area (Å²) in [5.41, 5.74) is 0.0814.